The van der Waals surface area contributed by atoms with E-state index < -0.39 is 0 Å². The summed E-state index contributed by atoms with van der Waals surface area (Å²) in [6.07, 6.45) is 0. The molecule has 0 aromatic heterocycles. The fourth-order valence-corrected chi connectivity index (χ4v) is 3.71. The van der Waals surface area contributed by atoms with Crippen LogP contribution in [0, 0.1) is 0 Å². The summed E-state index contributed by atoms with van der Waals surface area (Å²) >= 11 is 0. The van der Waals surface area contributed by atoms with Crippen molar-refractivity contribution in [3.05, 3.63) is 96.1 Å². The van der Waals surface area contributed by atoms with Gasteiger partial charge in [-0.3, -0.25) is 9.89 Å². The molecule has 0 fully saturated rings. The Hall–Kier alpha value is -3.11. The number of rotatable bonds is 10. The summed E-state index contributed by atoms with van der Waals surface area (Å²) in [4.78, 5) is 7.29. The first-order valence-electron chi connectivity index (χ1n) is 11.4. The van der Waals surface area contributed by atoms with E-state index in [1.807, 2.05) is 60.7 Å². The fraction of sp³-hybridized carbons (Fsp3) is 0.321. The minimum Gasteiger partial charge on any atom is -0.492 e. The molecule has 0 spiro atoms. The standard InChI is InChI=1S/C28H35N3O/c1-22(2)31(23(3)4)19-20-32-27-17-15-26(16-18-27)30-28(25-13-9-6-10-14-25)29-21-24-11-7-5-8-12-24/h5-18,22-23H,19-21H2,1-4H3,(H,29,30). The van der Waals surface area contributed by atoms with E-state index in [1.54, 1.807) is 0 Å². The number of amidine groups is 1. The van der Waals surface area contributed by atoms with E-state index in [2.05, 4.69) is 62.2 Å². The number of aliphatic imine (C=N–C) groups is 1. The monoisotopic (exact) mass is 429 g/mol. The van der Waals surface area contributed by atoms with Crippen LogP contribution in [0.4, 0.5) is 5.69 Å². The van der Waals surface area contributed by atoms with E-state index >= 15 is 0 Å². The zero-order valence-electron chi connectivity index (χ0n) is 19.7. The highest BCUT2D eigenvalue weighted by atomic mass is 16.5. The predicted molar refractivity (Wildman–Crippen MR) is 136 cm³/mol. The zero-order chi connectivity index (χ0) is 22.8. The summed E-state index contributed by atoms with van der Waals surface area (Å²) in [7, 11) is 0. The number of nitrogens with zero attached hydrogens (tertiary/aromatic N) is 2. The third-order valence-electron chi connectivity index (χ3n) is 5.37. The molecule has 0 aliphatic rings. The average Bonchev–Trinajstić information content (AvgIpc) is 2.81. The molecule has 3 aromatic rings. The summed E-state index contributed by atoms with van der Waals surface area (Å²) in [5.74, 6) is 1.73. The van der Waals surface area contributed by atoms with Gasteiger partial charge in [-0.1, -0.05) is 60.7 Å². The van der Waals surface area contributed by atoms with E-state index in [-0.39, 0.29) is 0 Å². The highest BCUT2D eigenvalue weighted by Crippen LogP contribution is 2.18. The van der Waals surface area contributed by atoms with Crippen LogP contribution in [0.1, 0.15) is 38.8 Å². The van der Waals surface area contributed by atoms with Crippen molar-refractivity contribution in [3.63, 3.8) is 0 Å². The molecule has 3 aromatic carbocycles. The molecule has 0 saturated heterocycles. The van der Waals surface area contributed by atoms with Crippen molar-refractivity contribution in [3.8, 4) is 5.75 Å². The molecule has 0 aliphatic carbocycles. The van der Waals surface area contributed by atoms with Crippen molar-refractivity contribution in [2.75, 3.05) is 18.5 Å². The molecule has 0 amide bonds. The van der Waals surface area contributed by atoms with Crippen LogP contribution in [0.2, 0.25) is 0 Å². The summed E-state index contributed by atoms with van der Waals surface area (Å²) in [5, 5.41) is 3.48. The van der Waals surface area contributed by atoms with Crippen LogP contribution in [0.3, 0.4) is 0 Å². The number of nitrogens with one attached hydrogen (secondary N) is 1. The Balaban J connectivity index is 1.64. The first-order chi connectivity index (χ1) is 15.5. The van der Waals surface area contributed by atoms with Gasteiger partial charge in [-0.25, -0.2) is 0 Å². The molecule has 4 nitrogen and oxygen atoms in total. The summed E-state index contributed by atoms with van der Waals surface area (Å²) in [5.41, 5.74) is 3.23. The number of hydrogen-bond donors (Lipinski definition) is 1. The molecule has 0 atom stereocenters. The highest BCUT2D eigenvalue weighted by Gasteiger charge is 2.13. The lowest BCUT2D eigenvalue weighted by atomic mass is 10.2. The molecule has 0 saturated carbocycles. The second-order valence-electron chi connectivity index (χ2n) is 8.44. The second-order valence-corrected chi connectivity index (χ2v) is 8.44. The molecule has 1 N–H and O–H groups in total. The van der Waals surface area contributed by atoms with Crippen LogP contribution in [-0.2, 0) is 6.54 Å². The Morgan fingerprint density at radius 2 is 1.41 bits per heavy atom. The zero-order valence-corrected chi connectivity index (χ0v) is 19.7. The molecular weight excluding hydrogens is 394 g/mol. The van der Waals surface area contributed by atoms with Crippen LogP contribution in [0.25, 0.3) is 0 Å². The van der Waals surface area contributed by atoms with Gasteiger partial charge in [0, 0.05) is 29.9 Å². The van der Waals surface area contributed by atoms with Crippen LogP contribution in [0.15, 0.2) is 89.9 Å². The number of anilines is 1. The highest BCUT2D eigenvalue weighted by molar-refractivity contribution is 6.08. The smallest absolute Gasteiger partial charge is 0.133 e. The van der Waals surface area contributed by atoms with Gasteiger partial charge in [0.05, 0.1) is 6.54 Å². The van der Waals surface area contributed by atoms with E-state index in [0.717, 1.165) is 29.4 Å². The molecule has 0 radical (unpaired) electrons. The van der Waals surface area contributed by atoms with Gasteiger partial charge >= 0.3 is 0 Å². The van der Waals surface area contributed by atoms with Crippen LogP contribution in [0.5, 0.6) is 5.75 Å². The number of ether oxygens (including phenoxy) is 1. The van der Waals surface area contributed by atoms with Gasteiger partial charge in [0.1, 0.15) is 18.2 Å². The Kier molecular flexibility index (Phi) is 8.88. The second kappa shape index (κ2) is 12.1. The number of benzene rings is 3. The van der Waals surface area contributed by atoms with Gasteiger partial charge in [0.25, 0.3) is 0 Å². The van der Waals surface area contributed by atoms with Gasteiger partial charge in [0.2, 0.25) is 0 Å². The van der Waals surface area contributed by atoms with Crippen LogP contribution < -0.4 is 10.1 Å². The van der Waals surface area contributed by atoms with Gasteiger partial charge in [-0.05, 0) is 57.5 Å². The molecule has 4 heteroatoms. The first-order valence-corrected chi connectivity index (χ1v) is 11.4. The van der Waals surface area contributed by atoms with E-state index in [9.17, 15) is 0 Å². The molecule has 0 heterocycles. The maximum absolute atomic E-state index is 5.99. The van der Waals surface area contributed by atoms with Crippen molar-refractivity contribution >= 4 is 11.5 Å². The van der Waals surface area contributed by atoms with E-state index in [4.69, 9.17) is 9.73 Å². The van der Waals surface area contributed by atoms with Crippen molar-refractivity contribution in [2.24, 2.45) is 4.99 Å². The van der Waals surface area contributed by atoms with Crippen molar-refractivity contribution in [1.29, 1.82) is 0 Å². The van der Waals surface area contributed by atoms with Crippen molar-refractivity contribution in [1.82, 2.24) is 4.90 Å². The SMILES string of the molecule is CC(C)N(CCOc1ccc(NC(=NCc2ccccc2)c2ccccc2)cc1)C(C)C. The van der Waals surface area contributed by atoms with E-state index in [1.165, 1.54) is 5.56 Å². The lowest BCUT2D eigenvalue weighted by molar-refractivity contribution is 0.142. The largest absolute Gasteiger partial charge is 0.492 e. The van der Waals surface area contributed by atoms with Crippen molar-refractivity contribution < 1.29 is 4.74 Å². The maximum atomic E-state index is 5.99. The van der Waals surface area contributed by atoms with Gasteiger partial charge in [-0.2, -0.15) is 0 Å². The Bertz CT molecular complexity index is 943. The quantitative estimate of drug-likeness (QED) is 0.306. The molecular formula is C28H35N3O. The molecule has 0 unspecified atom stereocenters. The summed E-state index contributed by atoms with van der Waals surface area (Å²) in [6.45, 7) is 11.1. The lowest BCUT2D eigenvalue weighted by Gasteiger charge is -2.30. The fourth-order valence-electron chi connectivity index (χ4n) is 3.71. The molecule has 0 bridgehead atoms. The normalized spacial score (nSPS) is 11.9. The molecule has 168 valence electrons. The Labute approximate surface area is 193 Å². The van der Waals surface area contributed by atoms with Gasteiger partial charge in [0.15, 0.2) is 0 Å². The van der Waals surface area contributed by atoms with Gasteiger partial charge in [-0.15, -0.1) is 0 Å². The average molecular weight is 430 g/mol. The summed E-state index contributed by atoms with van der Waals surface area (Å²) < 4.78 is 5.99. The van der Waals surface area contributed by atoms with Crippen molar-refractivity contribution in [2.45, 2.75) is 46.3 Å². The minimum absolute atomic E-state index is 0.511. The Morgan fingerprint density at radius 1 is 0.812 bits per heavy atom. The Morgan fingerprint density at radius 3 is 2.00 bits per heavy atom. The lowest BCUT2D eigenvalue weighted by Crippen LogP contribution is -2.39. The molecule has 0 aliphatic heterocycles. The summed E-state index contributed by atoms with van der Waals surface area (Å²) in [6, 6.07) is 29.7. The van der Waals surface area contributed by atoms with E-state index in [0.29, 0.717) is 25.2 Å². The predicted octanol–water partition coefficient (Wildman–Crippen LogP) is 6.24. The number of hydrogen-bond acceptors (Lipinski definition) is 3. The van der Waals surface area contributed by atoms with Crippen LogP contribution in [-0.4, -0.2) is 36.0 Å². The first kappa shape index (κ1) is 23.6. The third-order valence-corrected chi connectivity index (χ3v) is 5.37. The molecule has 3 rings (SSSR count). The molecule has 32 heavy (non-hydrogen) atoms. The minimum atomic E-state index is 0.511. The van der Waals surface area contributed by atoms with Gasteiger partial charge < -0.3 is 10.1 Å². The third kappa shape index (κ3) is 7.24. The maximum Gasteiger partial charge on any atom is 0.133 e. The topological polar surface area (TPSA) is 36.9 Å². The van der Waals surface area contributed by atoms with Crippen LogP contribution >= 0.6 is 0 Å².